The van der Waals surface area contributed by atoms with Crippen LogP contribution >= 0.6 is 0 Å². The first-order valence-electron chi connectivity index (χ1n) is 11.4. The fourth-order valence-electron chi connectivity index (χ4n) is 3.98. The van der Waals surface area contributed by atoms with Gasteiger partial charge in [-0.2, -0.15) is 0 Å². The minimum atomic E-state index is -0.307. The van der Waals surface area contributed by atoms with Crippen molar-refractivity contribution in [3.63, 3.8) is 0 Å². The van der Waals surface area contributed by atoms with Crippen LogP contribution in [-0.4, -0.2) is 68.0 Å². The van der Waals surface area contributed by atoms with Crippen LogP contribution in [0.2, 0.25) is 0 Å². The summed E-state index contributed by atoms with van der Waals surface area (Å²) in [4.78, 5) is 33.3. The Kier molecular flexibility index (Phi) is 7.84. The van der Waals surface area contributed by atoms with E-state index < -0.39 is 0 Å². The summed E-state index contributed by atoms with van der Waals surface area (Å²) in [6, 6.07) is 10.7. The lowest BCUT2D eigenvalue weighted by molar-refractivity contribution is -0.121. The minimum absolute atomic E-state index is 0.147. The summed E-state index contributed by atoms with van der Waals surface area (Å²) in [7, 11) is 4.65. The molecule has 0 aliphatic carbocycles. The highest BCUT2D eigenvalue weighted by atomic mass is 16.5. The van der Waals surface area contributed by atoms with Gasteiger partial charge in [-0.3, -0.25) is 19.1 Å². The molecular formula is C25H30N4O6. The number of benzene rings is 2. The third-order valence-electron chi connectivity index (χ3n) is 5.96. The highest BCUT2D eigenvalue weighted by molar-refractivity contribution is 5.82. The smallest absolute Gasteiger partial charge is 0.262 e. The molecule has 1 aliphatic rings. The molecule has 0 bridgehead atoms. The van der Waals surface area contributed by atoms with E-state index in [9.17, 15) is 9.59 Å². The van der Waals surface area contributed by atoms with Gasteiger partial charge in [0.25, 0.3) is 5.56 Å². The zero-order valence-electron chi connectivity index (χ0n) is 20.2. The first-order chi connectivity index (χ1) is 17.0. The van der Waals surface area contributed by atoms with Crippen molar-refractivity contribution in [2.24, 2.45) is 0 Å². The quantitative estimate of drug-likeness (QED) is 0.490. The average Bonchev–Trinajstić information content (AvgIpc) is 2.90. The zero-order chi connectivity index (χ0) is 24.8. The van der Waals surface area contributed by atoms with Crippen LogP contribution in [0.15, 0.2) is 41.2 Å². The molecule has 0 unspecified atom stereocenters. The average molecular weight is 483 g/mol. The van der Waals surface area contributed by atoms with Gasteiger partial charge in [-0.05, 0) is 23.8 Å². The second kappa shape index (κ2) is 11.2. The summed E-state index contributed by atoms with van der Waals surface area (Å²) in [5.41, 5.74) is 1.11. The number of morpholine rings is 1. The Morgan fingerprint density at radius 2 is 1.71 bits per heavy atom. The molecule has 1 N–H and O–H groups in total. The molecule has 35 heavy (non-hydrogen) atoms. The number of hydrogen-bond acceptors (Lipinski definition) is 8. The van der Waals surface area contributed by atoms with Crippen LogP contribution in [0.5, 0.6) is 17.2 Å². The van der Waals surface area contributed by atoms with E-state index in [-0.39, 0.29) is 18.0 Å². The van der Waals surface area contributed by atoms with Crippen molar-refractivity contribution < 1.29 is 23.7 Å². The van der Waals surface area contributed by atoms with Gasteiger partial charge in [0.15, 0.2) is 11.5 Å². The number of aromatic nitrogens is 2. The van der Waals surface area contributed by atoms with Gasteiger partial charge in [-0.1, -0.05) is 12.1 Å². The molecule has 3 aromatic rings. The van der Waals surface area contributed by atoms with Gasteiger partial charge in [0.1, 0.15) is 18.1 Å². The molecule has 0 atom stereocenters. The number of amides is 1. The molecule has 1 saturated heterocycles. The number of hydrogen-bond donors (Lipinski definition) is 1. The predicted octanol–water partition coefficient (Wildman–Crippen LogP) is 1.57. The molecule has 4 rings (SSSR count). The van der Waals surface area contributed by atoms with E-state index in [0.717, 1.165) is 24.4 Å². The summed E-state index contributed by atoms with van der Waals surface area (Å²) in [6.45, 7) is 3.30. The second-order valence-electron chi connectivity index (χ2n) is 8.16. The Balaban J connectivity index is 1.63. The summed E-state index contributed by atoms with van der Waals surface area (Å²) in [6.07, 6.45) is 0. The number of carbonyl (C=O) groups is 1. The molecule has 1 aliphatic heterocycles. The molecule has 1 fully saturated rings. The van der Waals surface area contributed by atoms with Crippen molar-refractivity contribution in [2.45, 2.75) is 19.6 Å². The number of methoxy groups -OCH3 is 3. The van der Waals surface area contributed by atoms with E-state index in [1.54, 1.807) is 19.2 Å². The maximum Gasteiger partial charge on any atom is 0.262 e. The summed E-state index contributed by atoms with van der Waals surface area (Å²) in [5, 5.41) is 3.24. The maximum atomic E-state index is 13.5. The zero-order valence-corrected chi connectivity index (χ0v) is 20.2. The van der Waals surface area contributed by atoms with Crippen molar-refractivity contribution >= 4 is 16.8 Å². The standard InChI is InChI=1S/C25H30N4O6/c1-32-18-6-4-17(5-7-18)14-26-24(30)16-29-23(15-28-8-10-35-11-9-28)27-20-13-22(34-3)21(33-2)12-19(20)25(29)31/h4-7,12-13H,8-11,14-16H2,1-3H3,(H,26,30). The Bertz CT molecular complexity index is 1240. The number of nitrogens with one attached hydrogen (secondary N) is 1. The monoisotopic (exact) mass is 482 g/mol. The third-order valence-corrected chi connectivity index (χ3v) is 5.96. The first kappa shape index (κ1) is 24.5. The lowest BCUT2D eigenvalue weighted by atomic mass is 10.2. The van der Waals surface area contributed by atoms with Gasteiger partial charge in [-0.25, -0.2) is 4.98 Å². The molecular weight excluding hydrogens is 452 g/mol. The van der Waals surface area contributed by atoms with Gasteiger partial charge in [-0.15, -0.1) is 0 Å². The lowest BCUT2D eigenvalue weighted by Crippen LogP contribution is -2.39. The Labute approximate surface area is 203 Å². The van der Waals surface area contributed by atoms with Crippen LogP contribution < -0.4 is 25.1 Å². The van der Waals surface area contributed by atoms with Crippen LogP contribution in [0.4, 0.5) is 0 Å². The van der Waals surface area contributed by atoms with Crippen LogP contribution in [0.3, 0.4) is 0 Å². The van der Waals surface area contributed by atoms with Crippen LogP contribution in [0.1, 0.15) is 11.4 Å². The molecule has 2 heterocycles. The third kappa shape index (κ3) is 5.72. The van der Waals surface area contributed by atoms with Crippen molar-refractivity contribution in [3.05, 3.63) is 58.1 Å². The van der Waals surface area contributed by atoms with Crippen molar-refractivity contribution in [1.82, 2.24) is 19.8 Å². The van der Waals surface area contributed by atoms with Gasteiger partial charge < -0.3 is 24.3 Å². The number of ether oxygens (including phenoxy) is 4. The minimum Gasteiger partial charge on any atom is -0.497 e. The number of nitrogens with zero attached hydrogens (tertiary/aromatic N) is 3. The van der Waals surface area contributed by atoms with Gasteiger partial charge in [0.2, 0.25) is 5.91 Å². The molecule has 1 amide bonds. The molecule has 0 spiro atoms. The van der Waals surface area contributed by atoms with Crippen molar-refractivity contribution in [3.8, 4) is 17.2 Å². The van der Waals surface area contributed by atoms with Crippen molar-refractivity contribution in [1.29, 1.82) is 0 Å². The summed E-state index contributed by atoms with van der Waals surface area (Å²) >= 11 is 0. The van der Waals surface area contributed by atoms with Crippen molar-refractivity contribution in [2.75, 3.05) is 47.6 Å². The van der Waals surface area contributed by atoms with Crippen LogP contribution in [0, 0.1) is 0 Å². The molecule has 1 aromatic heterocycles. The van der Waals surface area contributed by atoms with E-state index in [1.807, 2.05) is 24.3 Å². The lowest BCUT2D eigenvalue weighted by Gasteiger charge is -2.27. The fourth-order valence-corrected chi connectivity index (χ4v) is 3.98. The molecule has 0 radical (unpaired) electrons. The fraction of sp³-hybridized carbons (Fsp3) is 0.400. The van der Waals surface area contributed by atoms with Gasteiger partial charge >= 0.3 is 0 Å². The highest BCUT2D eigenvalue weighted by Crippen LogP contribution is 2.30. The summed E-state index contributed by atoms with van der Waals surface area (Å²) in [5.74, 6) is 1.88. The van der Waals surface area contributed by atoms with Gasteiger partial charge in [0.05, 0.1) is 52.0 Å². The van der Waals surface area contributed by atoms with Crippen LogP contribution in [0.25, 0.3) is 10.9 Å². The molecule has 2 aromatic carbocycles. The highest BCUT2D eigenvalue weighted by Gasteiger charge is 2.20. The predicted molar refractivity (Wildman–Crippen MR) is 130 cm³/mol. The topological polar surface area (TPSA) is 104 Å². The largest absolute Gasteiger partial charge is 0.497 e. The number of carbonyl (C=O) groups excluding carboxylic acids is 1. The second-order valence-corrected chi connectivity index (χ2v) is 8.16. The number of rotatable bonds is 9. The first-order valence-corrected chi connectivity index (χ1v) is 11.4. The summed E-state index contributed by atoms with van der Waals surface area (Å²) < 4.78 is 22.8. The normalized spacial score (nSPS) is 14.0. The molecule has 10 heteroatoms. The van der Waals surface area contributed by atoms with E-state index in [4.69, 9.17) is 23.9 Å². The molecule has 10 nitrogen and oxygen atoms in total. The Hall–Kier alpha value is -3.63. The van der Waals surface area contributed by atoms with Crippen LogP contribution in [-0.2, 0) is 29.2 Å². The van der Waals surface area contributed by atoms with E-state index in [1.165, 1.54) is 18.8 Å². The maximum absolute atomic E-state index is 13.5. The van der Waals surface area contributed by atoms with Gasteiger partial charge in [0, 0.05) is 25.7 Å². The molecule has 0 saturated carbocycles. The SMILES string of the molecule is COc1ccc(CNC(=O)Cn2c(CN3CCOCC3)nc3cc(OC)c(OC)cc3c2=O)cc1. The molecule has 186 valence electrons. The van der Waals surface area contributed by atoms with E-state index in [0.29, 0.717) is 54.5 Å². The van der Waals surface area contributed by atoms with E-state index in [2.05, 4.69) is 10.2 Å². The number of fused-ring (bicyclic) bond motifs is 1. The Morgan fingerprint density at radius 1 is 1.03 bits per heavy atom. The Morgan fingerprint density at radius 3 is 2.37 bits per heavy atom. The van der Waals surface area contributed by atoms with E-state index >= 15 is 0 Å².